The van der Waals surface area contributed by atoms with Crippen molar-refractivity contribution in [2.45, 2.75) is 44.8 Å². The van der Waals surface area contributed by atoms with Crippen LogP contribution in [0.1, 0.15) is 37.7 Å². The predicted molar refractivity (Wildman–Crippen MR) is 82.1 cm³/mol. The van der Waals surface area contributed by atoms with E-state index in [0.29, 0.717) is 12.6 Å². The van der Waals surface area contributed by atoms with Crippen molar-refractivity contribution in [3.63, 3.8) is 0 Å². The number of rotatable bonds is 5. The van der Waals surface area contributed by atoms with Gasteiger partial charge in [-0.05, 0) is 51.3 Å². The molecule has 4 heteroatoms. The molecule has 0 bridgehead atoms. The number of carbonyl (C=O) groups is 1. The molecule has 4 nitrogen and oxygen atoms in total. The van der Waals surface area contributed by atoms with E-state index in [9.17, 15) is 4.79 Å². The van der Waals surface area contributed by atoms with Gasteiger partial charge in [-0.2, -0.15) is 0 Å². The summed E-state index contributed by atoms with van der Waals surface area (Å²) < 4.78 is 6.00. The monoisotopic (exact) mass is 288 g/mol. The maximum absolute atomic E-state index is 12.2. The molecular weight excluding hydrogens is 264 g/mol. The molecule has 1 heterocycles. The zero-order chi connectivity index (χ0) is 14.5. The van der Waals surface area contributed by atoms with Crippen LogP contribution in [0, 0.1) is 5.92 Å². The Morgan fingerprint density at radius 1 is 1.19 bits per heavy atom. The highest BCUT2D eigenvalue weighted by molar-refractivity contribution is 5.78. The molecule has 2 aliphatic rings. The molecule has 1 aliphatic carbocycles. The average molecular weight is 288 g/mol. The van der Waals surface area contributed by atoms with Gasteiger partial charge in [-0.3, -0.25) is 4.79 Å². The first-order chi connectivity index (χ1) is 10.3. The fourth-order valence-corrected chi connectivity index (χ4v) is 2.84. The molecule has 1 saturated heterocycles. The van der Waals surface area contributed by atoms with E-state index >= 15 is 0 Å². The maximum Gasteiger partial charge on any atom is 0.223 e. The Morgan fingerprint density at radius 3 is 2.67 bits per heavy atom. The summed E-state index contributed by atoms with van der Waals surface area (Å²) in [6.07, 6.45) is 5.80. The molecule has 2 N–H and O–H groups in total. The fraction of sp³-hybridized carbons (Fsp3) is 0.588. The molecule has 1 aromatic rings. The molecule has 0 atom stereocenters. The predicted octanol–water partition coefficient (Wildman–Crippen LogP) is 2.23. The smallest absolute Gasteiger partial charge is 0.223 e. The van der Waals surface area contributed by atoms with Gasteiger partial charge in [0.05, 0.1) is 6.10 Å². The van der Waals surface area contributed by atoms with E-state index in [0.717, 1.165) is 50.1 Å². The number of hydrogen-bond acceptors (Lipinski definition) is 3. The summed E-state index contributed by atoms with van der Waals surface area (Å²) >= 11 is 0. The first-order valence-corrected chi connectivity index (χ1v) is 8.06. The average Bonchev–Trinajstić information content (AvgIpc) is 2.50. The Labute approximate surface area is 126 Å². The Morgan fingerprint density at radius 2 is 1.95 bits per heavy atom. The third kappa shape index (κ3) is 3.76. The summed E-state index contributed by atoms with van der Waals surface area (Å²) in [5.41, 5.74) is 1.08. The first-order valence-electron chi connectivity index (χ1n) is 8.06. The Hall–Kier alpha value is -1.55. The Bertz CT molecular complexity index is 479. The van der Waals surface area contributed by atoms with E-state index in [-0.39, 0.29) is 11.8 Å². The summed E-state index contributed by atoms with van der Waals surface area (Å²) in [4.78, 5) is 12.2. The van der Waals surface area contributed by atoms with Crippen molar-refractivity contribution in [1.82, 2.24) is 10.6 Å². The number of ether oxygens (including phenoxy) is 1. The van der Waals surface area contributed by atoms with Crippen molar-refractivity contribution < 1.29 is 9.53 Å². The van der Waals surface area contributed by atoms with E-state index in [1.807, 2.05) is 24.3 Å². The maximum atomic E-state index is 12.2. The molecule has 1 amide bonds. The van der Waals surface area contributed by atoms with Crippen molar-refractivity contribution in [2.75, 3.05) is 13.1 Å². The van der Waals surface area contributed by atoms with E-state index < -0.39 is 0 Å². The minimum atomic E-state index is 0.158. The summed E-state index contributed by atoms with van der Waals surface area (Å²) in [7, 11) is 0. The van der Waals surface area contributed by atoms with Gasteiger partial charge in [-0.1, -0.05) is 18.2 Å². The summed E-state index contributed by atoms with van der Waals surface area (Å²) in [5.74, 6) is 1.26. The highest BCUT2D eigenvalue weighted by atomic mass is 16.5. The highest BCUT2D eigenvalue weighted by Crippen LogP contribution is 2.27. The Balaban J connectivity index is 1.55. The van der Waals surface area contributed by atoms with Gasteiger partial charge in [0.25, 0.3) is 0 Å². The van der Waals surface area contributed by atoms with Gasteiger partial charge in [-0.25, -0.2) is 0 Å². The van der Waals surface area contributed by atoms with Gasteiger partial charge < -0.3 is 15.4 Å². The second kappa shape index (κ2) is 6.94. The molecule has 1 saturated carbocycles. The van der Waals surface area contributed by atoms with Crippen LogP contribution in [0.4, 0.5) is 0 Å². The quantitative estimate of drug-likeness (QED) is 0.873. The number of amides is 1. The van der Waals surface area contributed by atoms with E-state index in [1.54, 1.807) is 0 Å². The first kappa shape index (κ1) is 14.4. The van der Waals surface area contributed by atoms with E-state index in [1.165, 1.54) is 6.42 Å². The van der Waals surface area contributed by atoms with Gasteiger partial charge in [-0.15, -0.1) is 0 Å². The van der Waals surface area contributed by atoms with Gasteiger partial charge >= 0.3 is 0 Å². The standard InChI is InChI=1S/C17H24N2O2/c20-17(13-8-10-18-11-9-13)19-12-14-4-1-2-7-16(14)21-15-5-3-6-15/h1-2,4,7,13,15,18H,3,5-6,8-12H2,(H,19,20). The lowest BCUT2D eigenvalue weighted by atomic mass is 9.96. The third-order valence-electron chi connectivity index (χ3n) is 4.48. The lowest BCUT2D eigenvalue weighted by molar-refractivity contribution is -0.125. The summed E-state index contributed by atoms with van der Waals surface area (Å²) in [6, 6.07) is 8.03. The molecule has 114 valence electrons. The fourth-order valence-electron chi connectivity index (χ4n) is 2.84. The SMILES string of the molecule is O=C(NCc1ccccc1OC1CCC1)C1CCNCC1. The van der Waals surface area contributed by atoms with Crippen molar-refractivity contribution in [2.24, 2.45) is 5.92 Å². The van der Waals surface area contributed by atoms with Crippen LogP contribution in [-0.2, 0) is 11.3 Å². The summed E-state index contributed by atoms with van der Waals surface area (Å²) in [6.45, 7) is 2.45. The summed E-state index contributed by atoms with van der Waals surface area (Å²) in [5, 5.41) is 6.36. The van der Waals surface area contributed by atoms with Crippen LogP contribution in [0.15, 0.2) is 24.3 Å². The van der Waals surface area contributed by atoms with E-state index in [2.05, 4.69) is 10.6 Å². The number of nitrogens with one attached hydrogen (secondary N) is 2. The molecule has 0 aromatic heterocycles. The normalized spacial score (nSPS) is 19.8. The second-order valence-electron chi connectivity index (χ2n) is 6.02. The minimum Gasteiger partial charge on any atom is -0.490 e. The zero-order valence-corrected chi connectivity index (χ0v) is 12.4. The van der Waals surface area contributed by atoms with Gasteiger partial charge in [0.1, 0.15) is 5.75 Å². The third-order valence-corrected chi connectivity index (χ3v) is 4.48. The number of para-hydroxylation sites is 1. The number of hydrogen-bond donors (Lipinski definition) is 2. The number of piperidine rings is 1. The zero-order valence-electron chi connectivity index (χ0n) is 12.4. The van der Waals surface area contributed by atoms with Crippen LogP contribution in [-0.4, -0.2) is 25.1 Å². The van der Waals surface area contributed by atoms with Crippen LogP contribution < -0.4 is 15.4 Å². The van der Waals surface area contributed by atoms with Crippen molar-refractivity contribution in [1.29, 1.82) is 0 Å². The second-order valence-corrected chi connectivity index (χ2v) is 6.02. The molecule has 3 rings (SSSR count). The molecule has 21 heavy (non-hydrogen) atoms. The molecule has 0 radical (unpaired) electrons. The molecule has 2 fully saturated rings. The van der Waals surface area contributed by atoms with Crippen molar-refractivity contribution in [3.05, 3.63) is 29.8 Å². The number of benzene rings is 1. The largest absolute Gasteiger partial charge is 0.490 e. The highest BCUT2D eigenvalue weighted by Gasteiger charge is 2.22. The van der Waals surface area contributed by atoms with Gasteiger partial charge in [0.2, 0.25) is 5.91 Å². The lowest BCUT2D eigenvalue weighted by Crippen LogP contribution is -2.38. The van der Waals surface area contributed by atoms with Crippen molar-refractivity contribution >= 4 is 5.91 Å². The van der Waals surface area contributed by atoms with Crippen LogP contribution >= 0.6 is 0 Å². The lowest BCUT2D eigenvalue weighted by Gasteiger charge is -2.27. The minimum absolute atomic E-state index is 0.158. The topological polar surface area (TPSA) is 50.4 Å². The molecule has 0 unspecified atom stereocenters. The Kier molecular flexibility index (Phi) is 4.76. The van der Waals surface area contributed by atoms with Crippen molar-refractivity contribution in [3.8, 4) is 5.75 Å². The van der Waals surface area contributed by atoms with Crippen LogP contribution in [0.5, 0.6) is 5.75 Å². The molecule has 1 aliphatic heterocycles. The number of carbonyl (C=O) groups excluding carboxylic acids is 1. The van der Waals surface area contributed by atoms with Crippen LogP contribution in [0.2, 0.25) is 0 Å². The van der Waals surface area contributed by atoms with Gasteiger partial charge in [0.15, 0.2) is 0 Å². The molecule has 0 spiro atoms. The van der Waals surface area contributed by atoms with Gasteiger partial charge in [0, 0.05) is 18.0 Å². The van der Waals surface area contributed by atoms with Crippen LogP contribution in [0.3, 0.4) is 0 Å². The molecule has 1 aromatic carbocycles. The molecular formula is C17H24N2O2. The van der Waals surface area contributed by atoms with Crippen LogP contribution in [0.25, 0.3) is 0 Å². The van der Waals surface area contributed by atoms with E-state index in [4.69, 9.17) is 4.74 Å².